The van der Waals surface area contributed by atoms with Crippen molar-refractivity contribution in [1.29, 1.82) is 0 Å². The van der Waals surface area contributed by atoms with Gasteiger partial charge >= 0.3 is 0 Å². The molecule has 2 nitrogen and oxygen atoms in total. The van der Waals surface area contributed by atoms with Gasteiger partial charge < -0.3 is 5.32 Å². The quantitative estimate of drug-likeness (QED) is 0.560. The monoisotopic (exact) mass is 376 g/mol. The Morgan fingerprint density at radius 1 is 0.963 bits per heavy atom. The summed E-state index contributed by atoms with van der Waals surface area (Å²) in [6.07, 6.45) is 9.17. The molecule has 0 amide bonds. The molecule has 5 rings (SSSR count). The molecule has 0 aliphatic heterocycles. The minimum absolute atomic E-state index is 0.522. The van der Waals surface area contributed by atoms with E-state index in [2.05, 4.69) is 41.7 Å². The molecular formula is C24H25ClN2. The number of anilines is 1. The van der Waals surface area contributed by atoms with E-state index in [-0.39, 0.29) is 0 Å². The Morgan fingerprint density at radius 3 is 2.56 bits per heavy atom. The van der Waals surface area contributed by atoms with Crippen LogP contribution < -0.4 is 5.32 Å². The molecule has 1 N–H and O–H groups in total. The number of pyridine rings is 1. The maximum atomic E-state index is 6.04. The maximum absolute atomic E-state index is 6.04. The molecule has 1 aromatic heterocycles. The maximum Gasteiger partial charge on any atom is 0.0726 e. The molecule has 2 aliphatic rings. The summed E-state index contributed by atoms with van der Waals surface area (Å²) in [5, 5.41) is 5.81. The second-order valence-electron chi connectivity index (χ2n) is 8.29. The Bertz CT molecular complexity index is 972. The number of aromatic nitrogens is 1. The molecule has 3 aromatic rings. The fourth-order valence-corrected chi connectivity index (χ4v) is 5.22. The molecule has 0 saturated heterocycles. The second kappa shape index (κ2) is 6.83. The summed E-state index contributed by atoms with van der Waals surface area (Å²) in [5.74, 6) is 0. The first kappa shape index (κ1) is 17.1. The van der Waals surface area contributed by atoms with E-state index in [9.17, 15) is 0 Å². The molecule has 1 fully saturated rings. The number of hydrogen-bond donors (Lipinski definition) is 1. The van der Waals surface area contributed by atoms with Crippen LogP contribution in [0.2, 0.25) is 5.02 Å². The molecule has 1 spiro atoms. The minimum Gasteiger partial charge on any atom is -0.380 e. The lowest BCUT2D eigenvalue weighted by Gasteiger charge is -2.35. The molecule has 138 valence electrons. The van der Waals surface area contributed by atoms with Gasteiger partial charge in [0.05, 0.1) is 5.52 Å². The number of halogens is 1. The topological polar surface area (TPSA) is 24.9 Å². The molecule has 2 aromatic carbocycles. The summed E-state index contributed by atoms with van der Waals surface area (Å²) >= 11 is 6.04. The molecule has 27 heavy (non-hydrogen) atoms. The molecule has 1 saturated carbocycles. The number of benzene rings is 2. The highest BCUT2D eigenvalue weighted by Crippen LogP contribution is 2.49. The van der Waals surface area contributed by atoms with E-state index in [0.717, 1.165) is 23.5 Å². The van der Waals surface area contributed by atoms with Crippen molar-refractivity contribution in [2.24, 2.45) is 5.41 Å². The van der Waals surface area contributed by atoms with Crippen molar-refractivity contribution in [2.75, 3.05) is 5.32 Å². The fraction of sp³-hybridized carbons (Fsp3) is 0.375. The number of nitrogens with zero attached hydrogens (tertiary/aromatic N) is 1. The summed E-state index contributed by atoms with van der Waals surface area (Å²) < 4.78 is 0. The predicted molar refractivity (Wildman–Crippen MR) is 113 cm³/mol. The van der Waals surface area contributed by atoms with Gasteiger partial charge in [-0.3, -0.25) is 4.98 Å². The third-order valence-corrected chi connectivity index (χ3v) is 6.82. The summed E-state index contributed by atoms with van der Waals surface area (Å²) in [6.45, 7) is 0.810. The van der Waals surface area contributed by atoms with Crippen LogP contribution in [0.15, 0.2) is 48.5 Å². The minimum atomic E-state index is 0.522. The van der Waals surface area contributed by atoms with Crippen molar-refractivity contribution < 1.29 is 0 Å². The standard InChI is InChI=1S/C24H25ClN2/c25-18-9-7-17(8-10-18)16-26-23-19-5-1-2-6-21(19)27-22-11-14-24(15-20(22)23)12-3-4-13-24/h1-2,5-10H,3-4,11-16H2,(H,26,27). The lowest BCUT2D eigenvalue weighted by atomic mass is 9.71. The van der Waals surface area contributed by atoms with Gasteiger partial charge in [-0.05, 0) is 66.8 Å². The fourth-order valence-electron chi connectivity index (χ4n) is 5.09. The molecule has 0 unspecified atom stereocenters. The van der Waals surface area contributed by atoms with Gasteiger partial charge in [0.25, 0.3) is 0 Å². The molecule has 2 aliphatic carbocycles. The van der Waals surface area contributed by atoms with Crippen LogP contribution in [-0.4, -0.2) is 4.98 Å². The van der Waals surface area contributed by atoms with Gasteiger partial charge in [-0.15, -0.1) is 0 Å². The van der Waals surface area contributed by atoms with Crippen LogP contribution in [0.5, 0.6) is 0 Å². The SMILES string of the molecule is Clc1ccc(CNc2c3c(nc4ccccc24)CCC2(CCCC2)C3)cc1. The van der Waals surface area contributed by atoms with E-state index in [1.54, 1.807) is 0 Å². The zero-order valence-electron chi connectivity index (χ0n) is 15.6. The highest BCUT2D eigenvalue weighted by molar-refractivity contribution is 6.30. The van der Waals surface area contributed by atoms with Crippen molar-refractivity contribution in [3.05, 3.63) is 70.4 Å². The Hall–Kier alpha value is -2.06. The van der Waals surface area contributed by atoms with Gasteiger partial charge in [-0.2, -0.15) is 0 Å². The van der Waals surface area contributed by atoms with E-state index in [0.29, 0.717) is 5.41 Å². The number of fused-ring (bicyclic) bond motifs is 2. The van der Waals surface area contributed by atoms with Gasteiger partial charge in [0, 0.05) is 28.3 Å². The van der Waals surface area contributed by atoms with E-state index in [1.165, 1.54) is 66.4 Å². The molecule has 1 heterocycles. The van der Waals surface area contributed by atoms with Crippen LogP contribution in [0.4, 0.5) is 5.69 Å². The lowest BCUT2D eigenvalue weighted by Crippen LogP contribution is -2.27. The zero-order valence-corrected chi connectivity index (χ0v) is 16.4. The average Bonchev–Trinajstić information content (AvgIpc) is 3.15. The van der Waals surface area contributed by atoms with Crippen molar-refractivity contribution in [2.45, 2.75) is 51.5 Å². The van der Waals surface area contributed by atoms with E-state index in [1.807, 2.05) is 12.1 Å². The van der Waals surface area contributed by atoms with Gasteiger partial charge in [-0.25, -0.2) is 0 Å². The highest BCUT2D eigenvalue weighted by Gasteiger charge is 2.38. The zero-order chi connectivity index (χ0) is 18.3. The van der Waals surface area contributed by atoms with Gasteiger partial charge in [0.2, 0.25) is 0 Å². The molecule has 3 heteroatoms. The molecule has 0 bridgehead atoms. The van der Waals surface area contributed by atoms with Crippen LogP contribution >= 0.6 is 11.6 Å². The Morgan fingerprint density at radius 2 is 1.74 bits per heavy atom. The van der Waals surface area contributed by atoms with Crippen LogP contribution in [-0.2, 0) is 19.4 Å². The summed E-state index contributed by atoms with van der Waals surface area (Å²) in [5.41, 5.74) is 6.96. The number of nitrogens with one attached hydrogen (secondary N) is 1. The number of rotatable bonds is 3. The Labute approximate surface area is 166 Å². The summed E-state index contributed by atoms with van der Waals surface area (Å²) in [4.78, 5) is 5.04. The Kier molecular flexibility index (Phi) is 4.32. The molecular weight excluding hydrogens is 352 g/mol. The lowest BCUT2D eigenvalue weighted by molar-refractivity contribution is 0.253. The van der Waals surface area contributed by atoms with Crippen LogP contribution in [0, 0.1) is 5.41 Å². The third kappa shape index (κ3) is 3.21. The third-order valence-electron chi connectivity index (χ3n) is 6.57. The second-order valence-corrected chi connectivity index (χ2v) is 8.73. The number of para-hydroxylation sites is 1. The number of hydrogen-bond acceptors (Lipinski definition) is 2. The normalized spacial score (nSPS) is 18.0. The first-order valence-corrected chi connectivity index (χ1v) is 10.5. The van der Waals surface area contributed by atoms with Crippen molar-refractivity contribution in [3.8, 4) is 0 Å². The van der Waals surface area contributed by atoms with E-state index in [4.69, 9.17) is 16.6 Å². The van der Waals surface area contributed by atoms with Crippen molar-refractivity contribution in [1.82, 2.24) is 4.98 Å². The van der Waals surface area contributed by atoms with Gasteiger partial charge in [-0.1, -0.05) is 54.8 Å². The molecule has 0 atom stereocenters. The number of aryl methyl sites for hydroxylation is 1. The van der Waals surface area contributed by atoms with Crippen LogP contribution in [0.1, 0.15) is 48.9 Å². The first-order valence-electron chi connectivity index (χ1n) is 10.1. The summed E-state index contributed by atoms with van der Waals surface area (Å²) in [7, 11) is 0. The van der Waals surface area contributed by atoms with Crippen LogP contribution in [0.3, 0.4) is 0 Å². The van der Waals surface area contributed by atoms with Crippen LogP contribution in [0.25, 0.3) is 10.9 Å². The van der Waals surface area contributed by atoms with Gasteiger partial charge in [0.15, 0.2) is 0 Å². The average molecular weight is 377 g/mol. The first-order chi connectivity index (χ1) is 13.2. The summed E-state index contributed by atoms with van der Waals surface area (Å²) in [6, 6.07) is 16.7. The highest BCUT2D eigenvalue weighted by atomic mass is 35.5. The van der Waals surface area contributed by atoms with Crippen molar-refractivity contribution in [3.63, 3.8) is 0 Å². The van der Waals surface area contributed by atoms with Crippen molar-refractivity contribution >= 4 is 28.2 Å². The molecule has 0 radical (unpaired) electrons. The largest absolute Gasteiger partial charge is 0.380 e. The van der Waals surface area contributed by atoms with Gasteiger partial charge in [0.1, 0.15) is 0 Å². The predicted octanol–water partition coefficient (Wildman–Crippen LogP) is 6.55. The van der Waals surface area contributed by atoms with E-state index < -0.39 is 0 Å². The smallest absolute Gasteiger partial charge is 0.0726 e. The van der Waals surface area contributed by atoms with E-state index >= 15 is 0 Å². The Balaban J connectivity index is 1.55.